The highest BCUT2D eigenvalue weighted by atomic mass is 79.9. The lowest BCUT2D eigenvalue weighted by Gasteiger charge is -2.27. The average Bonchev–Trinajstić information content (AvgIpc) is 2.63. The van der Waals surface area contributed by atoms with Crippen LogP contribution in [-0.4, -0.2) is 60.5 Å². The third-order valence-electron chi connectivity index (χ3n) is 4.03. The molecular weight excluding hydrogens is 330 g/mol. The summed E-state index contributed by atoms with van der Waals surface area (Å²) in [5.74, 6) is 1.83. The van der Waals surface area contributed by atoms with E-state index in [-0.39, 0.29) is 6.04 Å². The fourth-order valence-corrected chi connectivity index (χ4v) is 3.35. The molecule has 1 N–H and O–H groups in total. The smallest absolute Gasteiger partial charge is 0.149 e. The van der Waals surface area contributed by atoms with Gasteiger partial charge in [-0.3, -0.25) is 4.90 Å². The van der Waals surface area contributed by atoms with Crippen LogP contribution >= 0.6 is 15.9 Å². The van der Waals surface area contributed by atoms with E-state index in [1.54, 1.807) is 0 Å². The van der Waals surface area contributed by atoms with E-state index in [2.05, 4.69) is 52.1 Å². The van der Waals surface area contributed by atoms with Crippen LogP contribution in [0.2, 0.25) is 0 Å². The fourth-order valence-electron chi connectivity index (χ4n) is 2.78. The summed E-state index contributed by atoms with van der Waals surface area (Å²) in [7, 11) is 6.26. The highest BCUT2D eigenvalue weighted by Gasteiger charge is 2.26. The zero-order chi connectivity index (χ0) is 15.4. The van der Waals surface area contributed by atoms with Gasteiger partial charge in [0, 0.05) is 13.6 Å². The summed E-state index contributed by atoms with van der Waals surface area (Å²) in [5.41, 5.74) is 1.10. The van der Waals surface area contributed by atoms with Crippen LogP contribution in [0.4, 0.5) is 5.82 Å². The molecule has 1 aromatic rings. The van der Waals surface area contributed by atoms with E-state index >= 15 is 0 Å². The van der Waals surface area contributed by atoms with Crippen molar-refractivity contribution in [3.8, 4) is 0 Å². The highest BCUT2D eigenvalue weighted by molar-refractivity contribution is 9.10. The Bertz CT molecular complexity index is 479. The Morgan fingerprint density at radius 2 is 2.05 bits per heavy atom. The normalized spacial score (nSPS) is 21.3. The fraction of sp³-hybridized carbons (Fsp3) is 0.733. The minimum atomic E-state index is 0.258. The lowest BCUT2D eigenvalue weighted by Crippen LogP contribution is -2.32. The number of aryl methyl sites for hydroxylation is 1. The zero-order valence-corrected chi connectivity index (χ0v) is 15.1. The molecule has 0 amide bonds. The maximum Gasteiger partial charge on any atom is 0.149 e. The summed E-state index contributed by atoms with van der Waals surface area (Å²) in [6.45, 7) is 5.39. The highest BCUT2D eigenvalue weighted by Crippen LogP contribution is 2.28. The quantitative estimate of drug-likeness (QED) is 0.898. The second-order valence-corrected chi connectivity index (χ2v) is 6.60. The van der Waals surface area contributed by atoms with E-state index in [0.717, 1.165) is 54.3 Å². The maximum absolute atomic E-state index is 4.85. The van der Waals surface area contributed by atoms with Gasteiger partial charge in [-0.15, -0.1) is 0 Å². The van der Waals surface area contributed by atoms with Crippen LogP contribution in [0.15, 0.2) is 4.47 Å². The van der Waals surface area contributed by atoms with Crippen LogP contribution in [0.1, 0.15) is 37.3 Å². The van der Waals surface area contributed by atoms with Crippen molar-refractivity contribution in [3.05, 3.63) is 16.0 Å². The molecule has 6 heteroatoms. The molecule has 0 aliphatic carbocycles. The first-order valence-electron chi connectivity index (χ1n) is 7.69. The molecule has 0 bridgehead atoms. The van der Waals surface area contributed by atoms with Gasteiger partial charge in [0.15, 0.2) is 0 Å². The topological polar surface area (TPSA) is 44.3 Å². The summed E-state index contributed by atoms with van der Waals surface area (Å²) in [6.07, 6.45) is 3.25. The van der Waals surface area contributed by atoms with E-state index in [1.165, 1.54) is 6.42 Å². The number of hydrogen-bond acceptors (Lipinski definition) is 5. The number of aromatic nitrogens is 2. The molecular formula is C15H26BrN5. The standard InChI is InChI=1S/C15H26BrN5/c1-5-7-11-13(16)15(17-2)19-14(18-11)12-10-20(3)8-6-9-21(12)4/h12H,5-10H2,1-4H3,(H,17,18,19). The number of nitrogens with zero attached hydrogens (tertiary/aromatic N) is 4. The van der Waals surface area contributed by atoms with Gasteiger partial charge in [-0.05, 0) is 56.0 Å². The van der Waals surface area contributed by atoms with Crippen LogP contribution < -0.4 is 5.32 Å². The van der Waals surface area contributed by atoms with Gasteiger partial charge in [-0.25, -0.2) is 9.97 Å². The molecule has 2 heterocycles. The Morgan fingerprint density at radius 3 is 2.71 bits per heavy atom. The van der Waals surface area contributed by atoms with E-state index in [1.807, 2.05) is 7.05 Å². The number of hydrogen-bond donors (Lipinski definition) is 1. The van der Waals surface area contributed by atoms with Crippen molar-refractivity contribution in [2.45, 2.75) is 32.2 Å². The van der Waals surface area contributed by atoms with Crippen molar-refractivity contribution in [2.24, 2.45) is 0 Å². The van der Waals surface area contributed by atoms with Gasteiger partial charge >= 0.3 is 0 Å². The molecule has 0 aromatic carbocycles. The number of nitrogens with one attached hydrogen (secondary N) is 1. The lowest BCUT2D eigenvalue weighted by atomic mass is 10.2. The first-order valence-corrected chi connectivity index (χ1v) is 8.49. The zero-order valence-electron chi connectivity index (χ0n) is 13.5. The average molecular weight is 356 g/mol. The largest absolute Gasteiger partial charge is 0.372 e. The van der Waals surface area contributed by atoms with E-state index in [4.69, 9.17) is 9.97 Å². The lowest BCUT2D eigenvalue weighted by molar-refractivity contribution is 0.219. The second kappa shape index (κ2) is 7.51. The van der Waals surface area contributed by atoms with E-state index in [0.29, 0.717) is 0 Å². The third-order valence-corrected chi connectivity index (χ3v) is 4.86. The minimum absolute atomic E-state index is 0.258. The molecule has 0 radical (unpaired) electrons. The molecule has 5 nitrogen and oxygen atoms in total. The molecule has 21 heavy (non-hydrogen) atoms. The van der Waals surface area contributed by atoms with Crippen molar-refractivity contribution in [1.29, 1.82) is 0 Å². The Hall–Kier alpha value is -0.720. The maximum atomic E-state index is 4.85. The molecule has 2 rings (SSSR count). The second-order valence-electron chi connectivity index (χ2n) is 5.80. The first kappa shape index (κ1) is 16.6. The van der Waals surface area contributed by atoms with Gasteiger partial charge in [-0.2, -0.15) is 0 Å². The summed E-state index contributed by atoms with van der Waals surface area (Å²) in [4.78, 5) is 14.4. The predicted molar refractivity (Wildman–Crippen MR) is 90.8 cm³/mol. The van der Waals surface area contributed by atoms with Crippen molar-refractivity contribution in [2.75, 3.05) is 46.1 Å². The van der Waals surface area contributed by atoms with Gasteiger partial charge in [0.25, 0.3) is 0 Å². The molecule has 0 spiro atoms. The Kier molecular flexibility index (Phi) is 5.96. The van der Waals surface area contributed by atoms with Crippen molar-refractivity contribution >= 4 is 21.7 Å². The van der Waals surface area contributed by atoms with Crippen LogP contribution in [0.3, 0.4) is 0 Å². The first-order chi connectivity index (χ1) is 10.1. The molecule has 1 aliphatic rings. The van der Waals surface area contributed by atoms with Gasteiger partial charge in [0.1, 0.15) is 11.6 Å². The SMILES string of the molecule is CCCc1nc(C2CN(C)CCCN2C)nc(NC)c1Br. The predicted octanol–water partition coefficient (Wildman–Crippen LogP) is 2.54. The monoisotopic (exact) mass is 355 g/mol. The van der Waals surface area contributed by atoms with Crippen LogP contribution in [0.5, 0.6) is 0 Å². The van der Waals surface area contributed by atoms with Crippen LogP contribution in [0, 0.1) is 0 Å². The van der Waals surface area contributed by atoms with Gasteiger partial charge in [0.05, 0.1) is 16.2 Å². The summed E-state index contributed by atoms with van der Waals surface area (Å²) >= 11 is 3.63. The molecule has 1 aliphatic heterocycles. The molecule has 1 fully saturated rings. The van der Waals surface area contributed by atoms with Gasteiger partial charge in [0.2, 0.25) is 0 Å². The summed E-state index contributed by atoms with van der Waals surface area (Å²) < 4.78 is 1.00. The van der Waals surface area contributed by atoms with E-state index in [9.17, 15) is 0 Å². The molecule has 1 unspecified atom stereocenters. The van der Waals surface area contributed by atoms with Crippen molar-refractivity contribution < 1.29 is 0 Å². The Labute approximate surface area is 136 Å². The molecule has 1 saturated heterocycles. The van der Waals surface area contributed by atoms with Crippen molar-refractivity contribution in [3.63, 3.8) is 0 Å². The van der Waals surface area contributed by atoms with Crippen LogP contribution in [0.25, 0.3) is 0 Å². The molecule has 0 saturated carbocycles. The number of rotatable bonds is 4. The minimum Gasteiger partial charge on any atom is -0.372 e. The number of anilines is 1. The summed E-state index contributed by atoms with van der Waals surface area (Å²) in [6, 6.07) is 0.258. The molecule has 1 aromatic heterocycles. The van der Waals surface area contributed by atoms with Gasteiger partial charge < -0.3 is 10.2 Å². The van der Waals surface area contributed by atoms with E-state index < -0.39 is 0 Å². The van der Waals surface area contributed by atoms with Crippen LogP contribution in [-0.2, 0) is 6.42 Å². The number of likely N-dealkylation sites (N-methyl/N-ethyl adjacent to an activating group) is 2. The van der Waals surface area contributed by atoms with Crippen molar-refractivity contribution in [1.82, 2.24) is 19.8 Å². The third kappa shape index (κ3) is 3.93. The summed E-state index contributed by atoms with van der Waals surface area (Å²) in [5, 5.41) is 3.19. The van der Waals surface area contributed by atoms with Gasteiger partial charge in [-0.1, -0.05) is 13.3 Å². The Balaban J connectivity index is 2.38. The Morgan fingerprint density at radius 1 is 1.29 bits per heavy atom. The molecule has 1 atom stereocenters. The molecule has 118 valence electrons. The number of halogens is 1.